The largest absolute Gasteiger partial charge is 0.393 e. The Morgan fingerprint density at radius 1 is 1.41 bits per heavy atom. The molecule has 0 heterocycles. The molecule has 0 aromatic heterocycles. The third-order valence-electron chi connectivity index (χ3n) is 2.15. The van der Waals surface area contributed by atoms with E-state index >= 15 is 0 Å². The molecule has 0 aliphatic carbocycles. The van der Waals surface area contributed by atoms with E-state index in [1.54, 1.807) is 6.92 Å². The fourth-order valence-electron chi connectivity index (χ4n) is 1.19. The summed E-state index contributed by atoms with van der Waals surface area (Å²) in [6.45, 7) is 1.77. The van der Waals surface area contributed by atoms with Gasteiger partial charge in [0.25, 0.3) is 0 Å². The molecule has 1 rings (SSSR count). The Hall–Kier alpha value is -1.42. The van der Waals surface area contributed by atoms with E-state index in [4.69, 9.17) is 10.4 Å². The Balaban J connectivity index is 2.73. The lowest BCUT2D eigenvalue weighted by molar-refractivity contribution is 0.186. The molecule has 5 nitrogen and oxygen atoms in total. The maximum Gasteiger partial charge on any atom is 0.240 e. The summed E-state index contributed by atoms with van der Waals surface area (Å²) < 4.78 is 25.8. The second-order valence-electron chi connectivity index (χ2n) is 3.67. The Labute approximate surface area is 101 Å². The highest BCUT2D eigenvalue weighted by atomic mass is 32.2. The number of rotatable bonds is 5. The van der Waals surface area contributed by atoms with E-state index in [0.29, 0.717) is 12.0 Å². The maximum absolute atomic E-state index is 11.7. The van der Waals surface area contributed by atoms with Crippen molar-refractivity contribution in [2.75, 3.05) is 6.54 Å². The molecule has 1 unspecified atom stereocenters. The first-order valence-corrected chi connectivity index (χ1v) is 6.62. The van der Waals surface area contributed by atoms with Gasteiger partial charge in [0, 0.05) is 6.54 Å². The SMILES string of the molecule is CC(O)CCNS(=O)(=O)c1ccc(C#N)cc1. The molecule has 0 saturated heterocycles. The fourth-order valence-corrected chi connectivity index (χ4v) is 2.24. The van der Waals surface area contributed by atoms with Crippen molar-refractivity contribution in [2.45, 2.75) is 24.3 Å². The standard InChI is InChI=1S/C11H14N2O3S/c1-9(14)6-7-13-17(15,16)11-4-2-10(8-12)3-5-11/h2-5,9,13-14H,6-7H2,1H3. The summed E-state index contributed by atoms with van der Waals surface area (Å²) in [5.74, 6) is 0. The molecule has 0 saturated carbocycles. The van der Waals surface area contributed by atoms with Gasteiger partial charge in [0.05, 0.1) is 22.6 Å². The van der Waals surface area contributed by atoms with Crippen LogP contribution in [0.1, 0.15) is 18.9 Å². The Bertz CT molecular complexity index is 501. The van der Waals surface area contributed by atoms with Crippen molar-refractivity contribution in [3.63, 3.8) is 0 Å². The number of aliphatic hydroxyl groups is 1. The van der Waals surface area contributed by atoms with Crippen LogP contribution in [0, 0.1) is 11.3 Å². The molecular formula is C11H14N2O3S. The van der Waals surface area contributed by atoms with Gasteiger partial charge >= 0.3 is 0 Å². The number of hydrogen-bond donors (Lipinski definition) is 2. The Morgan fingerprint density at radius 2 is 2.00 bits per heavy atom. The minimum absolute atomic E-state index is 0.113. The lowest BCUT2D eigenvalue weighted by atomic mass is 10.2. The number of benzene rings is 1. The van der Waals surface area contributed by atoms with Gasteiger partial charge in [0.1, 0.15) is 0 Å². The molecule has 1 aromatic carbocycles. The van der Waals surface area contributed by atoms with E-state index in [9.17, 15) is 8.42 Å². The van der Waals surface area contributed by atoms with Gasteiger partial charge in [0.15, 0.2) is 0 Å². The number of hydrogen-bond acceptors (Lipinski definition) is 4. The lowest BCUT2D eigenvalue weighted by Crippen LogP contribution is -2.26. The lowest BCUT2D eigenvalue weighted by Gasteiger charge is -2.07. The Morgan fingerprint density at radius 3 is 2.47 bits per heavy atom. The molecule has 0 bridgehead atoms. The molecule has 2 N–H and O–H groups in total. The summed E-state index contributed by atoms with van der Waals surface area (Å²) in [6.07, 6.45) is -0.186. The highest BCUT2D eigenvalue weighted by molar-refractivity contribution is 7.89. The predicted molar refractivity (Wildman–Crippen MR) is 62.6 cm³/mol. The molecular weight excluding hydrogens is 240 g/mol. The van der Waals surface area contributed by atoms with Crippen LogP contribution in [-0.4, -0.2) is 26.2 Å². The van der Waals surface area contributed by atoms with Crippen molar-refractivity contribution < 1.29 is 13.5 Å². The van der Waals surface area contributed by atoms with Gasteiger partial charge in [0.2, 0.25) is 10.0 Å². The summed E-state index contributed by atoms with van der Waals surface area (Å²) >= 11 is 0. The van der Waals surface area contributed by atoms with Crippen molar-refractivity contribution in [3.05, 3.63) is 29.8 Å². The van der Waals surface area contributed by atoms with Crippen LogP contribution in [-0.2, 0) is 10.0 Å². The van der Waals surface area contributed by atoms with Crippen molar-refractivity contribution in [3.8, 4) is 6.07 Å². The van der Waals surface area contributed by atoms with Crippen LogP contribution < -0.4 is 4.72 Å². The van der Waals surface area contributed by atoms with Crippen molar-refractivity contribution in [1.29, 1.82) is 5.26 Å². The first kappa shape index (κ1) is 13.6. The van der Waals surface area contributed by atoms with E-state index < -0.39 is 16.1 Å². The second-order valence-corrected chi connectivity index (χ2v) is 5.44. The summed E-state index contributed by atoms with van der Waals surface area (Å²) in [4.78, 5) is 0.113. The first-order valence-electron chi connectivity index (χ1n) is 5.13. The van der Waals surface area contributed by atoms with E-state index in [1.807, 2.05) is 6.07 Å². The molecule has 0 radical (unpaired) electrons. The average Bonchev–Trinajstić information content (AvgIpc) is 2.28. The van der Waals surface area contributed by atoms with Crippen LogP contribution in [0.2, 0.25) is 0 Å². The number of nitrogens with zero attached hydrogens (tertiary/aromatic N) is 1. The quantitative estimate of drug-likeness (QED) is 0.805. The maximum atomic E-state index is 11.7. The van der Waals surface area contributed by atoms with Crippen LogP contribution in [0.4, 0.5) is 0 Å². The van der Waals surface area contributed by atoms with Crippen LogP contribution >= 0.6 is 0 Å². The summed E-state index contributed by atoms with van der Waals surface area (Å²) in [5.41, 5.74) is 0.410. The topological polar surface area (TPSA) is 90.2 Å². The molecule has 1 atom stereocenters. The Kier molecular flexibility index (Phi) is 4.63. The molecule has 1 aromatic rings. The van der Waals surface area contributed by atoms with Gasteiger partial charge in [-0.1, -0.05) is 0 Å². The summed E-state index contributed by atoms with van der Waals surface area (Å²) in [6, 6.07) is 7.57. The molecule has 6 heteroatoms. The minimum Gasteiger partial charge on any atom is -0.393 e. The third kappa shape index (κ3) is 4.15. The summed E-state index contributed by atoms with van der Waals surface area (Å²) in [5, 5.41) is 17.6. The number of nitriles is 1. The van der Waals surface area contributed by atoms with Gasteiger partial charge in [-0.15, -0.1) is 0 Å². The molecule has 0 aliphatic rings. The van der Waals surface area contributed by atoms with Crippen LogP contribution in [0.3, 0.4) is 0 Å². The molecule has 0 spiro atoms. The van der Waals surface area contributed by atoms with Crippen molar-refractivity contribution >= 4 is 10.0 Å². The zero-order valence-corrected chi connectivity index (χ0v) is 10.2. The smallest absolute Gasteiger partial charge is 0.240 e. The zero-order chi connectivity index (χ0) is 12.9. The number of aliphatic hydroxyl groups excluding tert-OH is 1. The molecule has 17 heavy (non-hydrogen) atoms. The van der Waals surface area contributed by atoms with Crippen LogP contribution in [0.5, 0.6) is 0 Å². The van der Waals surface area contributed by atoms with E-state index in [-0.39, 0.29) is 11.4 Å². The van der Waals surface area contributed by atoms with E-state index in [2.05, 4.69) is 4.72 Å². The van der Waals surface area contributed by atoms with E-state index in [1.165, 1.54) is 24.3 Å². The molecule has 0 fully saturated rings. The van der Waals surface area contributed by atoms with Gasteiger partial charge in [-0.2, -0.15) is 5.26 Å². The van der Waals surface area contributed by atoms with Crippen LogP contribution in [0.25, 0.3) is 0 Å². The average molecular weight is 254 g/mol. The van der Waals surface area contributed by atoms with Gasteiger partial charge in [-0.05, 0) is 37.6 Å². The molecule has 0 aliphatic heterocycles. The number of sulfonamides is 1. The van der Waals surface area contributed by atoms with E-state index in [0.717, 1.165) is 0 Å². The normalized spacial score (nSPS) is 13.0. The highest BCUT2D eigenvalue weighted by Gasteiger charge is 2.13. The highest BCUT2D eigenvalue weighted by Crippen LogP contribution is 2.09. The monoisotopic (exact) mass is 254 g/mol. The predicted octanol–water partition coefficient (Wildman–Crippen LogP) is 0.607. The first-order chi connectivity index (χ1) is 7.95. The van der Waals surface area contributed by atoms with Gasteiger partial charge < -0.3 is 5.11 Å². The van der Waals surface area contributed by atoms with Crippen LogP contribution in [0.15, 0.2) is 29.2 Å². The molecule has 92 valence electrons. The number of nitrogens with one attached hydrogen (secondary N) is 1. The fraction of sp³-hybridized carbons (Fsp3) is 0.364. The minimum atomic E-state index is -3.55. The van der Waals surface area contributed by atoms with Crippen molar-refractivity contribution in [2.24, 2.45) is 0 Å². The zero-order valence-electron chi connectivity index (χ0n) is 9.42. The van der Waals surface area contributed by atoms with Gasteiger partial charge in [-0.3, -0.25) is 0 Å². The van der Waals surface area contributed by atoms with Gasteiger partial charge in [-0.25, -0.2) is 13.1 Å². The second kappa shape index (κ2) is 5.77. The molecule has 0 amide bonds. The van der Waals surface area contributed by atoms with Crippen molar-refractivity contribution in [1.82, 2.24) is 4.72 Å². The third-order valence-corrected chi connectivity index (χ3v) is 3.62. The summed E-state index contributed by atoms with van der Waals surface area (Å²) in [7, 11) is -3.55.